The Kier molecular flexibility index (Phi) is 2.50. The van der Waals surface area contributed by atoms with E-state index in [1.165, 1.54) is 5.56 Å². The van der Waals surface area contributed by atoms with Crippen molar-refractivity contribution in [3.8, 4) is 0 Å². The molecule has 1 aromatic carbocycles. The molecule has 0 aliphatic heterocycles. The lowest BCUT2D eigenvalue weighted by atomic mass is 9.75. The van der Waals surface area contributed by atoms with E-state index in [4.69, 9.17) is 0 Å². The Morgan fingerprint density at radius 2 is 2.00 bits per heavy atom. The van der Waals surface area contributed by atoms with Gasteiger partial charge >= 0.3 is 0 Å². The zero-order valence-corrected chi connectivity index (χ0v) is 9.77. The molecular formula is C14H16N2. The van der Waals surface area contributed by atoms with Crippen LogP contribution in [0.3, 0.4) is 0 Å². The van der Waals surface area contributed by atoms with Gasteiger partial charge < -0.3 is 0 Å². The molecule has 16 heavy (non-hydrogen) atoms. The summed E-state index contributed by atoms with van der Waals surface area (Å²) >= 11 is 0. The van der Waals surface area contributed by atoms with Crippen molar-refractivity contribution in [3.05, 3.63) is 41.5 Å². The van der Waals surface area contributed by atoms with Crippen molar-refractivity contribution < 1.29 is 0 Å². The fraction of sp³-hybridized carbons (Fsp3) is 0.286. The third-order valence-corrected chi connectivity index (χ3v) is 3.14. The van der Waals surface area contributed by atoms with Crippen LogP contribution in [0.15, 0.2) is 40.3 Å². The average molecular weight is 212 g/mol. The minimum absolute atomic E-state index is 0.00437. The fourth-order valence-electron chi connectivity index (χ4n) is 2.23. The molecule has 0 fully saturated rings. The number of fused-ring (bicyclic) bond motifs is 1. The fourth-order valence-corrected chi connectivity index (χ4v) is 2.23. The van der Waals surface area contributed by atoms with Crippen molar-refractivity contribution in [1.29, 1.82) is 0 Å². The summed E-state index contributed by atoms with van der Waals surface area (Å²) in [5, 5.41) is 0. The molecule has 1 atom stereocenters. The van der Waals surface area contributed by atoms with Crippen LogP contribution in [0.2, 0.25) is 0 Å². The summed E-state index contributed by atoms with van der Waals surface area (Å²) in [5.74, 6) is 0. The van der Waals surface area contributed by atoms with E-state index in [2.05, 4.69) is 55.5 Å². The van der Waals surface area contributed by atoms with Crippen molar-refractivity contribution in [1.82, 2.24) is 0 Å². The molecule has 1 aliphatic rings. The third kappa shape index (κ3) is 1.51. The van der Waals surface area contributed by atoms with Crippen LogP contribution >= 0.6 is 0 Å². The smallest absolute Gasteiger partial charge is 0.0947 e. The minimum Gasteiger partial charge on any atom is -0.289 e. The molecule has 0 heterocycles. The first kappa shape index (κ1) is 10.8. The van der Waals surface area contributed by atoms with Crippen molar-refractivity contribution in [3.63, 3.8) is 0 Å². The third-order valence-electron chi connectivity index (χ3n) is 3.14. The van der Waals surface area contributed by atoms with Crippen LogP contribution in [0.25, 0.3) is 0 Å². The van der Waals surface area contributed by atoms with E-state index in [9.17, 15) is 0 Å². The maximum Gasteiger partial charge on any atom is 0.0947 e. The van der Waals surface area contributed by atoms with Crippen LogP contribution in [0.1, 0.15) is 31.0 Å². The highest BCUT2D eigenvalue weighted by Crippen LogP contribution is 2.42. The Morgan fingerprint density at radius 3 is 2.62 bits per heavy atom. The second kappa shape index (κ2) is 3.71. The van der Waals surface area contributed by atoms with Crippen LogP contribution in [0.4, 0.5) is 5.69 Å². The topological polar surface area (TPSA) is 24.7 Å². The van der Waals surface area contributed by atoms with Crippen LogP contribution in [0.5, 0.6) is 0 Å². The van der Waals surface area contributed by atoms with E-state index in [0.717, 1.165) is 11.3 Å². The highest BCUT2D eigenvalue weighted by molar-refractivity contribution is 5.61. The number of aliphatic imine (C=N–C) groups is 2. The first-order valence-corrected chi connectivity index (χ1v) is 5.35. The zero-order valence-electron chi connectivity index (χ0n) is 9.77. The highest BCUT2D eigenvalue weighted by atomic mass is 14.8. The number of hydrogen-bond donors (Lipinski definition) is 0. The summed E-state index contributed by atoms with van der Waals surface area (Å²) in [6.45, 7) is 11.6. The molecule has 0 N–H and O–H groups in total. The molecule has 0 bridgehead atoms. The van der Waals surface area contributed by atoms with Crippen LogP contribution < -0.4 is 0 Å². The van der Waals surface area contributed by atoms with Gasteiger partial charge in [-0.25, -0.2) is 0 Å². The zero-order chi connectivity index (χ0) is 11.8. The summed E-state index contributed by atoms with van der Waals surface area (Å²) < 4.78 is 0. The lowest BCUT2D eigenvalue weighted by Gasteiger charge is -2.31. The van der Waals surface area contributed by atoms with E-state index >= 15 is 0 Å². The van der Waals surface area contributed by atoms with Crippen molar-refractivity contribution in [2.75, 3.05) is 0 Å². The molecular weight excluding hydrogens is 196 g/mol. The molecule has 0 spiro atoms. The molecule has 82 valence electrons. The molecule has 1 unspecified atom stereocenters. The molecule has 0 saturated carbocycles. The predicted molar refractivity (Wildman–Crippen MR) is 70.1 cm³/mol. The summed E-state index contributed by atoms with van der Waals surface area (Å²) in [7, 11) is 0. The number of benzene rings is 1. The minimum atomic E-state index is 0.00437. The lowest BCUT2D eigenvalue weighted by molar-refractivity contribution is 0.629. The first-order valence-electron chi connectivity index (χ1n) is 5.35. The molecule has 0 amide bonds. The molecule has 0 aromatic heterocycles. The van der Waals surface area contributed by atoms with E-state index in [1.807, 2.05) is 12.1 Å². The normalized spacial score (nSPS) is 21.2. The monoisotopic (exact) mass is 212 g/mol. The molecule has 1 aromatic rings. The summed E-state index contributed by atoms with van der Waals surface area (Å²) in [5.41, 5.74) is 3.33. The summed E-state index contributed by atoms with van der Waals surface area (Å²) in [6, 6.07) is 6.12. The van der Waals surface area contributed by atoms with Gasteiger partial charge in [-0.3, -0.25) is 9.98 Å². The molecule has 1 aliphatic carbocycles. The van der Waals surface area contributed by atoms with Crippen molar-refractivity contribution in [2.45, 2.75) is 25.3 Å². The SMILES string of the molecule is C=Nc1cccc2c1C(N=C)C=CC2(C)C. The Balaban J connectivity index is 2.73. The van der Waals surface area contributed by atoms with Gasteiger partial charge in [0.05, 0.1) is 11.7 Å². The van der Waals surface area contributed by atoms with Crippen LogP contribution in [0, 0.1) is 0 Å². The van der Waals surface area contributed by atoms with Crippen molar-refractivity contribution in [2.24, 2.45) is 9.98 Å². The van der Waals surface area contributed by atoms with Gasteiger partial charge in [0.25, 0.3) is 0 Å². The summed E-state index contributed by atoms with van der Waals surface area (Å²) in [6.07, 6.45) is 4.27. The van der Waals surface area contributed by atoms with Gasteiger partial charge in [0, 0.05) is 11.0 Å². The number of rotatable bonds is 2. The Bertz CT molecular complexity index is 470. The number of allylic oxidation sites excluding steroid dienone is 1. The Labute approximate surface area is 96.4 Å². The number of nitrogens with zero attached hydrogens (tertiary/aromatic N) is 2. The van der Waals surface area contributed by atoms with Crippen molar-refractivity contribution >= 4 is 19.1 Å². The van der Waals surface area contributed by atoms with E-state index in [-0.39, 0.29) is 11.5 Å². The maximum atomic E-state index is 4.14. The largest absolute Gasteiger partial charge is 0.289 e. The van der Waals surface area contributed by atoms with Gasteiger partial charge in [-0.1, -0.05) is 38.1 Å². The van der Waals surface area contributed by atoms with Gasteiger partial charge in [0.15, 0.2) is 0 Å². The number of hydrogen-bond acceptors (Lipinski definition) is 2. The maximum absolute atomic E-state index is 4.14. The van der Waals surface area contributed by atoms with Gasteiger partial charge in [0.2, 0.25) is 0 Å². The van der Waals surface area contributed by atoms with Gasteiger partial charge in [-0.05, 0) is 25.1 Å². The Hall–Kier alpha value is -1.70. The van der Waals surface area contributed by atoms with E-state index in [0.29, 0.717) is 0 Å². The first-order chi connectivity index (χ1) is 7.60. The average Bonchev–Trinajstić information content (AvgIpc) is 2.29. The predicted octanol–water partition coefficient (Wildman–Crippen LogP) is 3.61. The molecule has 2 heteroatoms. The van der Waals surface area contributed by atoms with Crippen LogP contribution in [-0.2, 0) is 5.41 Å². The summed E-state index contributed by atoms with van der Waals surface area (Å²) in [4.78, 5) is 8.21. The second-order valence-electron chi connectivity index (χ2n) is 4.60. The molecule has 0 saturated heterocycles. The second-order valence-corrected chi connectivity index (χ2v) is 4.60. The molecule has 2 nitrogen and oxygen atoms in total. The van der Waals surface area contributed by atoms with Crippen LogP contribution in [-0.4, -0.2) is 13.4 Å². The van der Waals surface area contributed by atoms with Gasteiger partial charge in [-0.15, -0.1) is 0 Å². The van der Waals surface area contributed by atoms with Gasteiger partial charge in [-0.2, -0.15) is 0 Å². The van der Waals surface area contributed by atoms with Gasteiger partial charge in [0.1, 0.15) is 0 Å². The van der Waals surface area contributed by atoms with E-state index < -0.39 is 0 Å². The highest BCUT2D eigenvalue weighted by Gasteiger charge is 2.29. The standard InChI is InChI=1S/C14H16N2/c1-14(2)9-8-12(16-4)13-10(14)6-5-7-11(13)15-3/h5-9,12H,3-4H2,1-2H3. The quantitative estimate of drug-likeness (QED) is 0.528. The lowest BCUT2D eigenvalue weighted by Crippen LogP contribution is -2.21. The Morgan fingerprint density at radius 1 is 1.25 bits per heavy atom. The molecule has 2 rings (SSSR count). The molecule has 0 radical (unpaired) electrons. The van der Waals surface area contributed by atoms with E-state index in [1.54, 1.807) is 0 Å².